The zero-order chi connectivity index (χ0) is 19.5. The fraction of sp³-hybridized carbons (Fsp3) is 0.375. The standard InChI is InChI=1S/C16H17Cl2F3N4S/c1-9-4-5-11(17)8-12(9)23-15(26)22-6-3-7-25-10(2)13(18)14(24-25)16(19,20)21/h4-5,8H,3,6-7H2,1-2H3,(H2,22,23,26). The van der Waals surface area contributed by atoms with Crippen LogP contribution < -0.4 is 10.6 Å². The van der Waals surface area contributed by atoms with Crippen LogP contribution in [0.4, 0.5) is 18.9 Å². The van der Waals surface area contributed by atoms with E-state index in [4.69, 9.17) is 35.4 Å². The van der Waals surface area contributed by atoms with Gasteiger partial charge in [-0.2, -0.15) is 18.3 Å². The van der Waals surface area contributed by atoms with Crippen molar-refractivity contribution >= 4 is 46.2 Å². The van der Waals surface area contributed by atoms with E-state index in [1.807, 2.05) is 13.0 Å². The van der Waals surface area contributed by atoms with Crippen LogP contribution in [0.25, 0.3) is 0 Å². The maximum atomic E-state index is 12.8. The van der Waals surface area contributed by atoms with Gasteiger partial charge in [-0.15, -0.1) is 0 Å². The summed E-state index contributed by atoms with van der Waals surface area (Å²) >= 11 is 16.9. The van der Waals surface area contributed by atoms with Gasteiger partial charge in [0.15, 0.2) is 10.8 Å². The van der Waals surface area contributed by atoms with Crippen LogP contribution in [0.1, 0.15) is 23.4 Å². The second-order valence-electron chi connectivity index (χ2n) is 5.66. The van der Waals surface area contributed by atoms with Gasteiger partial charge in [-0.3, -0.25) is 4.68 Å². The van der Waals surface area contributed by atoms with Gasteiger partial charge in [0.2, 0.25) is 0 Å². The van der Waals surface area contributed by atoms with Crippen LogP contribution in [0.2, 0.25) is 10.0 Å². The molecule has 0 bridgehead atoms. The van der Waals surface area contributed by atoms with E-state index in [1.165, 1.54) is 11.6 Å². The van der Waals surface area contributed by atoms with Crippen LogP contribution in [-0.4, -0.2) is 21.4 Å². The third-order valence-electron chi connectivity index (χ3n) is 3.68. The first-order chi connectivity index (χ1) is 12.1. The molecule has 0 aliphatic carbocycles. The summed E-state index contributed by atoms with van der Waals surface area (Å²) in [6.07, 6.45) is -4.04. The highest BCUT2D eigenvalue weighted by atomic mass is 35.5. The number of halogens is 5. The number of hydrogen-bond donors (Lipinski definition) is 2. The second-order valence-corrected chi connectivity index (χ2v) is 6.89. The minimum atomic E-state index is -4.56. The summed E-state index contributed by atoms with van der Waals surface area (Å²) in [5.41, 5.74) is 1.01. The van der Waals surface area contributed by atoms with Gasteiger partial charge in [-0.1, -0.05) is 29.3 Å². The lowest BCUT2D eigenvalue weighted by Crippen LogP contribution is -2.30. The van der Waals surface area contributed by atoms with Crippen LogP contribution in [0, 0.1) is 13.8 Å². The molecule has 142 valence electrons. The third-order valence-corrected chi connectivity index (χ3v) is 4.62. The fourth-order valence-electron chi connectivity index (χ4n) is 2.25. The topological polar surface area (TPSA) is 41.9 Å². The first-order valence-electron chi connectivity index (χ1n) is 7.70. The Labute approximate surface area is 164 Å². The van der Waals surface area contributed by atoms with Crippen LogP contribution in [0.15, 0.2) is 18.2 Å². The van der Waals surface area contributed by atoms with E-state index in [0.29, 0.717) is 23.1 Å². The van der Waals surface area contributed by atoms with E-state index in [1.54, 1.807) is 12.1 Å². The number of anilines is 1. The Bertz CT molecular complexity index is 806. The molecule has 0 fully saturated rings. The van der Waals surface area contributed by atoms with Gasteiger partial charge in [0.05, 0.1) is 10.7 Å². The number of nitrogens with zero attached hydrogens (tertiary/aromatic N) is 2. The highest BCUT2D eigenvalue weighted by Crippen LogP contribution is 2.35. The molecule has 26 heavy (non-hydrogen) atoms. The van der Waals surface area contributed by atoms with Gasteiger partial charge in [-0.05, 0) is 50.2 Å². The van der Waals surface area contributed by atoms with Crippen molar-refractivity contribution in [2.24, 2.45) is 0 Å². The van der Waals surface area contributed by atoms with Crippen molar-refractivity contribution in [3.8, 4) is 0 Å². The molecule has 2 rings (SSSR count). The predicted octanol–water partition coefficient (Wildman–Crippen LogP) is 5.20. The average molecular weight is 425 g/mol. The van der Waals surface area contributed by atoms with E-state index in [9.17, 15) is 13.2 Å². The molecule has 0 saturated heterocycles. The van der Waals surface area contributed by atoms with Crippen molar-refractivity contribution in [3.05, 3.63) is 45.2 Å². The molecule has 0 radical (unpaired) electrons. The lowest BCUT2D eigenvalue weighted by atomic mass is 10.2. The number of aromatic nitrogens is 2. The summed E-state index contributed by atoms with van der Waals surface area (Å²) in [7, 11) is 0. The highest BCUT2D eigenvalue weighted by molar-refractivity contribution is 7.80. The van der Waals surface area contributed by atoms with E-state index in [-0.39, 0.29) is 17.3 Å². The van der Waals surface area contributed by atoms with Crippen molar-refractivity contribution in [3.63, 3.8) is 0 Å². The molecule has 2 aromatic rings. The zero-order valence-electron chi connectivity index (χ0n) is 14.0. The summed E-state index contributed by atoms with van der Waals surface area (Å²) in [4.78, 5) is 0. The van der Waals surface area contributed by atoms with Crippen LogP contribution >= 0.6 is 35.4 Å². The van der Waals surface area contributed by atoms with E-state index in [0.717, 1.165) is 11.3 Å². The van der Waals surface area contributed by atoms with E-state index < -0.39 is 11.9 Å². The Balaban J connectivity index is 1.85. The minimum Gasteiger partial charge on any atom is -0.362 e. The van der Waals surface area contributed by atoms with E-state index >= 15 is 0 Å². The van der Waals surface area contributed by atoms with Crippen LogP contribution in [0.5, 0.6) is 0 Å². The summed E-state index contributed by atoms with van der Waals surface area (Å²) in [5, 5.41) is 10.2. The Morgan fingerprint density at radius 3 is 2.58 bits per heavy atom. The predicted molar refractivity (Wildman–Crippen MR) is 102 cm³/mol. The molecule has 0 unspecified atom stereocenters. The number of rotatable bonds is 5. The van der Waals surface area contributed by atoms with Gasteiger partial charge in [0, 0.05) is 23.8 Å². The van der Waals surface area contributed by atoms with Crippen molar-refractivity contribution in [2.45, 2.75) is 33.0 Å². The molecule has 0 atom stereocenters. The number of nitrogens with one attached hydrogen (secondary N) is 2. The van der Waals surface area contributed by atoms with Gasteiger partial charge in [-0.25, -0.2) is 0 Å². The van der Waals surface area contributed by atoms with Gasteiger partial charge >= 0.3 is 6.18 Å². The highest BCUT2D eigenvalue weighted by Gasteiger charge is 2.38. The second kappa shape index (κ2) is 8.45. The average Bonchev–Trinajstić information content (AvgIpc) is 2.83. The molecule has 4 nitrogen and oxygen atoms in total. The van der Waals surface area contributed by atoms with Gasteiger partial charge in [0.25, 0.3) is 0 Å². The van der Waals surface area contributed by atoms with Crippen LogP contribution in [0.3, 0.4) is 0 Å². The zero-order valence-corrected chi connectivity index (χ0v) is 16.4. The Kier molecular flexibility index (Phi) is 6.76. The molecular formula is C16H17Cl2F3N4S. The molecule has 1 heterocycles. The smallest absolute Gasteiger partial charge is 0.362 e. The molecule has 0 aliphatic heterocycles. The number of alkyl halides is 3. The first kappa shape index (κ1) is 20.8. The van der Waals surface area contributed by atoms with Crippen molar-refractivity contribution in [2.75, 3.05) is 11.9 Å². The fourth-order valence-corrected chi connectivity index (χ4v) is 2.88. The number of benzene rings is 1. The molecule has 0 saturated carbocycles. The first-order valence-corrected chi connectivity index (χ1v) is 8.87. The minimum absolute atomic E-state index is 0.285. The summed E-state index contributed by atoms with van der Waals surface area (Å²) in [5.74, 6) is 0. The monoisotopic (exact) mass is 424 g/mol. The Hall–Kier alpha value is -1.51. The summed E-state index contributed by atoms with van der Waals surface area (Å²) < 4.78 is 39.6. The van der Waals surface area contributed by atoms with Gasteiger partial charge < -0.3 is 10.6 Å². The molecule has 0 aliphatic rings. The maximum absolute atomic E-state index is 12.8. The molecule has 0 amide bonds. The third kappa shape index (κ3) is 5.25. The van der Waals surface area contributed by atoms with Crippen molar-refractivity contribution in [1.82, 2.24) is 15.1 Å². The quantitative estimate of drug-likeness (QED) is 0.511. The molecular weight excluding hydrogens is 408 g/mol. The molecule has 0 spiro atoms. The summed E-state index contributed by atoms with van der Waals surface area (Å²) in [6, 6.07) is 5.42. The number of hydrogen-bond acceptors (Lipinski definition) is 2. The van der Waals surface area contributed by atoms with Crippen LogP contribution in [-0.2, 0) is 12.7 Å². The Morgan fingerprint density at radius 2 is 1.96 bits per heavy atom. The van der Waals surface area contributed by atoms with Gasteiger partial charge in [0.1, 0.15) is 0 Å². The lowest BCUT2D eigenvalue weighted by molar-refractivity contribution is -0.141. The maximum Gasteiger partial charge on any atom is 0.436 e. The molecule has 1 aromatic heterocycles. The normalized spacial score (nSPS) is 11.5. The SMILES string of the molecule is Cc1ccc(Cl)cc1NC(=S)NCCCn1nc(C(F)(F)F)c(Cl)c1C. The van der Waals surface area contributed by atoms with Crippen molar-refractivity contribution in [1.29, 1.82) is 0 Å². The number of aryl methyl sites for hydroxylation is 2. The largest absolute Gasteiger partial charge is 0.436 e. The Morgan fingerprint density at radius 1 is 1.27 bits per heavy atom. The molecule has 10 heteroatoms. The molecule has 2 N–H and O–H groups in total. The summed E-state index contributed by atoms with van der Waals surface area (Å²) in [6.45, 7) is 4.17. The van der Waals surface area contributed by atoms with E-state index in [2.05, 4.69) is 15.7 Å². The number of thiocarbonyl (C=S) groups is 1. The molecule has 1 aromatic carbocycles. The van der Waals surface area contributed by atoms with Crippen molar-refractivity contribution < 1.29 is 13.2 Å². The lowest BCUT2D eigenvalue weighted by Gasteiger charge is -2.13.